The molecule has 0 bridgehead atoms. The molecule has 0 aromatic heterocycles. The number of nitrogens with one attached hydrogen (secondary N) is 1. The zero-order valence-electron chi connectivity index (χ0n) is 11.8. The molecule has 0 aliphatic rings. The molecule has 2 atom stereocenters. The molecule has 19 heavy (non-hydrogen) atoms. The fourth-order valence-corrected chi connectivity index (χ4v) is 1.69. The maximum absolute atomic E-state index is 11.8. The maximum Gasteiger partial charge on any atom is 0.408 e. The lowest BCUT2D eigenvalue weighted by Gasteiger charge is -2.25. The van der Waals surface area contributed by atoms with Crippen LogP contribution in [-0.4, -0.2) is 18.0 Å². The fourth-order valence-electron chi connectivity index (χ4n) is 1.69. The van der Waals surface area contributed by atoms with E-state index in [4.69, 9.17) is 4.74 Å². The second-order valence-corrected chi connectivity index (χ2v) is 5.53. The summed E-state index contributed by atoms with van der Waals surface area (Å²) in [6.07, 6.45) is 0.310. The van der Waals surface area contributed by atoms with Crippen molar-refractivity contribution in [3.05, 3.63) is 35.9 Å². The van der Waals surface area contributed by atoms with Crippen molar-refractivity contribution in [2.75, 3.05) is 0 Å². The highest BCUT2D eigenvalue weighted by atomic mass is 16.6. The summed E-state index contributed by atoms with van der Waals surface area (Å²) in [7, 11) is 0. The van der Waals surface area contributed by atoms with Crippen molar-refractivity contribution in [1.82, 2.24) is 5.32 Å². The Balaban J connectivity index is 2.82. The number of aldehydes is 1. The van der Waals surface area contributed by atoms with Crippen molar-refractivity contribution >= 4 is 12.4 Å². The van der Waals surface area contributed by atoms with Gasteiger partial charge in [0, 0.05) is 5.92 Å². The average Bonchev–Trinajstić information content (AvgIpc) is 2.34. The second-order valence-electron chi connectivity index (χ2n) is 5.53. The molecule has 0 spiro atoms. The van der Waals surface area contributed by atoms with Crippen LogP contribution < -0.4 is 5.32 Å². The first-order valence-electron chi connectivity index (χ1n) is 6.33. The van der Waals surface area contributed by atoms with Gasteiger partial charge in [0.05, 0.1) is 6.04 Å². The molecule has 1 rings (SSSR count). The van der Waals surface area contributed by atoms with Crippen LogP contribution in [0.15, 0.2) is 30.3 Å². The van der Waals surface area contributed by atoms with E-state index in [9.17, 15) is 9.59 Å². The van der Waals surface area contributed by atoms with E-state index in [1.165, 1.54) is 0 Å². The number of benzene rings is 1. The van der Waals surface area contributed by atoms with Gasteiger partial charge in [-0.15, -0.1) is 0 Å². The van der Waals surface area contributed by atoms with E-state index in [1.807, 2.05) is 30.3 Å². The smallest absolute Gasteiger partial charge is 0.408 e. The van der Waals surface area contributed by atoms with Gasteiger partial charge in [0.25, 0.3) is 0 Å². The first-order valence-corrected chi connectivity index (χ1v) is 6.33. The molecule has 0 aliphatic carbocycles. The van der Waals surface area contributed by atoms with Gasteiger partial charge in [-0.05, 0) is 26.3 Å². The number of amides is 1. The Kier molecular flexibility index (Phi) is 5.10. The van der Waals surface area contributed by atoms with Crippen LogP contribution in [0.5, 0.6) is 0 Å². The average molecular weight is 263 g/mol. The highest BCUT2D eigenvalue weighted by Gasteiger charge is 2.24. The molecule has 0 aliphatic heterocycles. The van der Waals surface area contributed by atoms with Gasteiger partial charge < -0.3 is 14.8 Å². The molecule has 0 saturated heterocycles. The van der Waals surface area contributed by atoms with Crippen molar-refractivity contribution in [3.63, 3.8) is 0 Å². The van der Waals surface area contributed by atoms with E-state index in [2.05, 4.69) is 5.32 Å². The van der Waals surface area contributed by atoms with Crippen LogP contribution >= 0.6 is 0 Å². The van der Waals surface area contributed by atoms with Crippen LogP contribution in [0.25, 0.3) is 0 Å². The lowest BCUT2D eigenvalue weighted by Crippen LogP contribution is -2.37. The van der Waals surface area contributed by atoms with Gasteiger partial charge in [0.1, 0.15) is 11.9 Å². The molecule has 104 valence electrons. The Hall–Kier alpha value is -1.84. The van der Waals surface area contributed by atoms with Crippen LogP contribution in [0, 0.1) is 5.92 Å². The van der Waals surface area contributed by atoms with Crippen molar-refractivity contribution in [1.29, 1.82) is 0 Å². The maximum atomic E-state index is 11.8. The molecular formula is C15H21NO3. The summed E-state index contributed by atoms with van der Waals surface area (Å²) in [5.74, 6) is -0.324. The molecule has 0 heterocycles. The van der Waals surface area contributed by atoms with Gasteiger partial charge in [-0.3, -0.25) is 0 Å². The molecular weight excluding hydrogens is 242 g/mol. The number of hydrogen-bond donors (Lipinski definition) is 1. The number of carbonyl (C=O) groups is 2. The zero-order valence-corrected chi connectivity index (χ0v) is 11.8. The Morgan fingerprint density at radius 3 is 2.32 bits per heavy atom. The van der Waals surface area contributed by atoms with Crippen LogP contribution in [0.4, 0.5) is 4.79 Å². The largest absolute Gasteiger partial charge is 0.444 e. The number of alkyl carbamates (subject to hydrolysis) is 1. The van der Waals surface area contributed by atoms with E-state index < -0.39 is 11.7 Å². The van der Waals surface area contributed by atoms with Crippen LogP contribution in [0.2, 0.25) is 0 Å². The molecule has 4 heteroatoms. The van der Waals surface area contributed by atoms with E-state index in [0.717, 1.165) is 11.8 Å². The Bertz CT molecular complexity index is 423. The Morgan fingerprint density at radius 2 is 1.84 bits per heavy atom. The Morgan fingerprint density at radius 1 is 1.26 bits per heavy atom. The summed E-state index contributed by atoms with van der Waals surface area (Å²) in [4.78, 5) is 22.8. The molecule has 0 radical (unpaired) electrons. The van der Waals surface area contributed by atoms with Gasteiger partial charge in [-0.1, -0.05) is 37.3 Å². The minimum atomic E-state index is -0.560. The van der Waals surface area contributed by atoms with Crippen molar-refractivity contribution in [2.45, 2.75) is 39.3 Å². The summed E-state index contributed by atoms with van der Waals surface area (Å²) < 4.78 is 5.22. The zero-order chi connectivity index (χ0) is 14.5. The normalized spacial score (nSPS) is 14.3. The first kappa shape index (κ1) is 15.2. The topological polar surface area (TPSA) is 55.4 Å². The van der Waals surface area contributed by atoms with Gasteiger partial charge in [0.15, 0.2) is 0 Å². The molecule has 1 aromatic carbocycles. The van der Waals surface area contributed by atoms with E-state index in [-0.39, 0.29) is 12.0 Å². The molecule has 0 unspecified atom stereocenters. The third-order valence-corrected chi connectivity index (χ3v) is 2.57. The van der Waals surface area contributed by atoms with Gasteiger partial charge in [-0.2, -0.15) is 0 Å². The summed E-state index contributed by atoms with van der Waals surface area (Å²) in [5, 5.41) is 2.75. The third kappa shape index (κ3) is 5.12. The van der Waals surface area contributed by atoms with E-state index in [0.29, 0.717) is 0 Å². The quantitative estimate of drug-likeness (QED) is 0.849. The predicted octanol–water partition coefficient (Wildman–Crippen LogP) is 3.09. The Labute approximate surface area is 114 Å². The number of ether oxygens (including phenoxy) is 1. The van der Waals surface area contributed by atoms with Crippen molar-refractivity contribution in [2.24, 2.45) is 5.92 Å². The number of rotatable bonds is 4. The molecule has 1 amide bonds. The van der Waals surface area contributed by atoms with E-state index in [1.54, 1.807) is 27.7 Å². The SMILES string of the molecule is C[C@@H](C=O)[C@@H](NC(=O)OC(C)(C)C)c1ccccc1. The molecule has 1 aromatic rings. The summed E-state index contributed by atoms with van der Waals surface area (Å²) in [6, 6.07) is 9.00. The lowest BCUT2D eigenvalue weighted by molar-refractivity contribution is -0.111. The summed E-state index contributed by atoms with van der Waals surface area (Å²) in [6.45, 7) is 7.16. The minimum Gasteiger partial charge on any atom is -0.444 e. The highest BCUT2D eigenvalue weighted by molar-refractivity contribution is 5.69. The van der Waals surface area contributed by atoms with Crippen LogP contribution in [0.1, 0.15) is 39.3 Å². The van der Waals surface area contributed by atoms with Gasteiger partial charge in [-0.25, -0.2) is 4.79 Å². The summed E-state index contributed by atoms with van der Waals surface area (Å²) >= 11 is 0. The standard InChI is InChI=1S/C15H21NO3/c1-11(10-17)13(12-8-6-5-7-9-12)16-14(18)19-15(2,3)4/h5-11,13H,1-4H3,(H,16,18)/t11-,13+/m0/s1. The van der Waals surface area contributed by atoms with Crippen molar-refractivity contribution < 1.29 is 14.3 Å². The molecule has 0 fully saturated rings. The van der Waals surface area contributed by atoms with Gasteiger partial charge >= 0.3 is 6.09 Å². The summed E-state index contributed by atoms with van der Waals surface area (Å²) in [5.41, 5.74) is 0.323. The fraction of sp³-hybridized carbons (Fsp3) is 0.467. The number of hydrogen-bond acceptors (Lipinski definition) is 3. The van der Waals surface area contributed by atoms with Crippen molar-refractivity contribution in [3.8, 4) is 0 Å². The third-order valence-electron chi connectivity index (χ3n) is 2.57. The van der Waals surface area contributed by atoms with Crippen LogP contribution in [0.3, 0.4) is 0 Å². The first-order chi connectivity index (χ1) is 8.83. The molecule has 0 saturated carbocycles. The lowest BCUT2D eigenvalue weighted by atomic mass is 9.96. The second kappa shape index (κ2) is 6.36. The van der Waals surface area contributed by atoms with Gasteiger partial charge in [0.2, 0.25) is 0 Å². The number of carbonyl (C=O) groups excluding carboxylic acids is 2. The van der Waals surface area contributed by atoms with E-state index >= 15 is 0 Å². The molecule has 1 N–H and O–H groups in total. The highest BCUT2D eigenvalue weighted by Crippen LogP contribution is 2.21. The van der Waals surface area contributed by atoms with Crippen LogP contribution in [-0.2, 0) is 9.53 Å². The predicted molar refractivity (Wildman–Crippen MR) is 73.8 cm³/mol. The monoisotopic (exact) mass is 263 g/mol. The minimum absolute atomic E-state index is 0.324. The molecule has 4 nitrogen and oxygen atoms in total.